The molecule has 3 rings (SSSR count). The molecule has 1 unspecified atom stereocenters. The second-order valence-corrected chi connectivity index (χ2v) is 8.31. The van der Waals surface area contributed by atoms with Crippen molar-refractivity contribution < 1.29 is 0 Å². The van der Waals surface area contributed by atoms with E-state index in [9.17, 15) is 0 Å². The van der Waals surface area contributed by atoms with Gasteiger partial charge in [-0.15, -0.1) is 0 Å². The molecule has 0 aliphatic heterocycles. The van der Waals surface area contributed by atoms with Crippen LogP contribution >= 0.6 is 0 Å². The Bertz CT molecular complexity index is 724. The number of allylic oxidation sites excluding steroid dienone is 1. The second-order valence-electron chi connectivity index (χ2n) is 8.31. The molecule has 0 radical (unpaired) electrons. The summed E-state index contributed by atoms with van der Waals surface area (Å²) < 4.78 is 0. The molecule has 1 aromatic heterocycles. The molecule has 1 nitrogen and oxygen atoms in total. The van der Waals surface area contributed by atoms with Gasteiger partial charge in [-0.3, -0.25) is 4.98 Å². The van der Waals surface area contributed by atoms with E-state index in [-0.39, 0.29) is 10.8 Å². The van der Waals surface area contributed by atoms with Crippen LogP contribution in [0.4, 0.5) is 0 Å². The van der Waals surface area contributed by atoms with E-state index in [1.807, 2.05) is 12.4 Å². The molecule has 110 valence electrons. The molecule has 1 heterocycles. The molecule has 0 saturated heterocycles. The Morgan fingerprint density at radius 3 is 2.29 bits per heavy atom. The number of benzene rings is 1. The lowest BCUT2D eigenvalue weighted by Crippen LogP contribution is -2.24. The molecule has 0 saturated carbocycles. The van der Waals surface area contributed by atoms with Crippen molar-refractivity contribution in [3.63, 3.8) is 0 Å². The van der Waals surface area contributed by atoms with E-state index in [4.69, 9.17) is 0 Å². The van der Waals surface area contributed by atoms with Crippen LogP contribution in [-0.4, -0.2) is 4.98 Å². The Labute approximate surface area is 128 Å². The summed E-state index contributed by atoms with van der Waals surface area (Å²) in [5.74, 6) is 0.449. The minimum Gasteiger partial charge on any atom is -0.263 e. The van der Waals surface area contributed by atoms with Crippen molar-refractivity contribution in [1.82, 2.24) is 4.98 Å². The first-order valence-corrected chi connectivity index (χ1v) is 7.79. The normalized spacial score (nSPS) is 18.3. The average Bonchev–Trinajstić information content (AvgIpc) is 2.36. The second kappa shape index (κ2) is 4.43. The van der Waals surface area contributed by atoms with Crippen LogP contribution in [0.5, 0.6) is 0 Å². The Morgan fingerprint density at radius 1 is 0.952 bits per heavy atom. The molecule has 0 spiro atoms. The largest absolute Gasteiger partial charge is 0.263 e. The summed E-state index contributed by atoms with van der Waals surface area (Å²) in [6.07, 6.45) is 8.61. The van der Waals surface area contributed by atoms with Gasteiger partial charge in [0.1, 0.15) is 0 Å². The summed E-state index contributed by atoms with van der Waals surface area (Å²) in [7, 11) is 0. The summed E-state index contributed by atoms with van der Waals surface area (Å²) in [6, 6.07) is 4.54. The third kappa shape index (κ3) is 2.29. The van der Waals surface area contributed by atoms with Gasteiger partial charge in [-0.1, -0.05) is 65.8 Å². The van der Waals surface area contributed by atoms with Gasteiger partial charge in [0.15, 0.2) is 0 Å². The van der Waals surface area contributed by atoms with Gasteiger partial charge in [-0.2, -0.15) is 0 Å². The molecule has 21 heavy (non-hydrogen) atoms. The van der Waals surface area contributed by atoms with Crippen LogP contribution < -0.4 is 0 Å². The van der Waals surface area contributed by atoms with Gasteiger partial charge in [-0.05, 0) is 27.3 Å². The van der Waals surface area contributed by atoms with E-state index in [1.54, 1.807) is 0 Å². The van der Waals surface area contributed by atoms with E-state index < -0.39 is 0 Å². The number of pyridine rings is 1. The predicted molar refractivity (Wildman–Crippen MR) is 91.7 cm³/mol. The van der Waals surface area contributed by atoms with Crippen LogP contribution in [0, 0.1) is 5.41 Å². The molecule has 1 atom stereocenters. The molecular weight excluding hydrogens is 254 g/mol. The summed E-state index contributed by atoms with van der Waals surface area (Å²) in [5.41, 5.74) is 4.60. The lowest BCUT2D eigenvalue weighted by Gasteiger charge is -2.36. The molecule has 1 aliphatic rings. The van der Waals surface area contributed by atoms with Crippen molar-refractivity contribution in [2.24, 2.45) is 5.41 Å². The zero-order valence-electron chi connectivity index (χ0n) is 14.0. The number of nitrogens with zero attached hydrogens (tertiary/aromatic N) is 1. The van der Waals surface area contributed by atoms with Gasteiger partial charge in [-0.25, -0.2) is 0 Å². The summed E-state index contributed by atoms with van der Waals surface area (Å²) in [6.45, 7) is 13.9. The maximum absolute atomic E-state index is 4.39. The van der Waals surface area contributed by atoms with Crippen molar-refractivity contribution in [1.29, 1.82) is 0 Å². The van der Waals surface area contributed by atoms with Crippen LogP contribution in [0.2, 0.25) is 0 Å². The minimum atomic E-state index is 0.152. The minimum absolute atomic E-state index is 0.152. The highest BCUT2D eigenvalue weighted by Gasteiger charge is 2.33. The topological polar surface area (TPSA) is 12.9 Å². The predicted octanol–water partition coefficient (Wildman–Crippen LogP) is 5.69. The molecule has 0 bridgehead atoms. The van der Waals surface area contributed by atoms with Gasteiger partial charge in [0.2, 0.25) is 0 Å². The Morgan fingerprint density at radius 2 is 1.67 bits per heavy atom. The summed E-state index contributed by atoms with van der Waals surface area (Å²) in [5, 5.41) is 2.66. The van der Waals surface area contributed by atoms with Crippen molar-refractivity contribution in [2.45, 2.75) is 52.9 Å². The van der Waals surface area contributed by atoms with Crippen LogP contribution in [0.15, 0.2) is 30.6 Å². The zero-order chi connectivity index (χ0) is 15.4. The SMILES string of the molecule is CC(C)(C)c1ccc2cncc3c2c1C(C(C)(C)C)C=C3. The fraction of sp³-hybridized carbons (Fsp3) is 0.450. The Hall–Kier alpha value is -1.63. The third-order valence-corrected chi connectivity index (χ3v) is 4.51. The quantitative estimate of drug-likeness (QED) is 0.603. The van der Waals surface area contributed by atoms with Gasteiger partial charge in [0.05, 0.1) is 0 Å². The van der Waals surface area contributed by atoms with Gasteiger partial charge >= 0.3 is 0 Å². The van der Waals surface area contributed by atoms with E-state index in [0.717, 1.165) is 0 Å². The molecule has 0 N–H and O–H groups in total. The van der Waals surface area contributed by atoms with E-state index in [1.165, 1.54) is 27.5 Å². The van der Waals surface area contributed by atoms with Crippen molar-refractivity contribution in [3.05, 3.63) is 47.3 Å². The van der Waals surface area contributed by atoms with Gasteiger partial charge in [0.25, 0.3) is 0 Å². The zero-order valence-corrected chi connectivity index (χ0v) is 14.0. The number of aromatic nitrogens is 1. The maximum Gasteiger partial charge on any atom is 0.0346 e. The van der Waals surface area contributed by atoms with Crippen LogP contribution in [0.25, 0.3) is 16.8 Å². The van der Waals surface area contributed by atoms with E-state index in [0.29, 0.717) is 5.92 Å². The average molecular weight is 279 g/mol. The molecular formula is C20H25N. The Balaban J connectivity index is 2.43. The fourth-order valence-corrected chi connectivity index (χ4v) is 3.45. The molecule has 0 amide bonds. The highest BCUT2D eigenvalue weighted by Crippen LogP contribution is 2.47. The standard InChI is InChI=1S/C20H25N/c1-19(2,3)15-9-7-13-11-21-12-14-8-10-16(20(4,5)6)18(15)17(13)14/h7-12,15H,1-6H3. The molecule has 0 fully saturated rings. The van der Waals surface area contributed by atoms with Crippen LogP contribution in [0.3, 0.4) is 0 Å². The highest BCUT2D eigenvalue weighted by molar-refractivity contribution is 5.96. The van der Waals surface area contributed by atoms with E-state index >= 15 is 0 Å². The fourth-order valence-electron chi connectivity index (χ4n) is 3.45. The lowest BCUT2D eigenvalue weighted by molar-refractivity contribution is 0.364. The molecule has 1 heteroatoms. The lowest BCUT2D eigenvalue weighted by atomic mass is 9.68. The monoisotopic (exact) mass is 279 g/mol. The van der Waals surface area contributed by atoms with Gasteiger partial charge in [0, 0.05) is 29.3 Å². The van der Waals surface area contributed by atoms with Crippen LogP contribution in [0.1, 0.15) is 64.2 Å². The first kappa shape index (κ1) is 14.3. The van der Waals surface area contributed by atoms with Crippen LogP contribution in [-0.2, 0) is 5.41 Å². The molecule has 1 aliphatic carbocycles. The summed E-state index contributed by atoms with van der Waals surface area (Å²) >= 11 is 0. The van der Waals surface area contributed by atoms with Crippen molar-refractivity contribution in [3.8, 4) is 0 Å². The van der Waals surface area contributed by atoms with Crippen molar-refractivity contribution in [2.75, 3.05) is 0 Å². The first-order chi connectivity index (χ1) is 9.69. The summed E-state index contributed by atoms with van der Waals surface area (Å²) in [4.78, 5) is 4.39. The third-order valence-electron chi connectivity index (χ3n) is 4.51. The molecule has 1 aromatic carbocycles. The van der Waals surface area contributed by atoms with Gasteiger partial charge < -0.3 is 0 Å². The number of rotatable bonds is 0. The van der Waals surface area contributed by atoms with E-state index in [2.05, 4.69) is 70.8 Å². The Kier molecular flexibility index (Phi) is 3.02. The smallest absolute Gasteiger partial charge is 0.0346 e. The highest BCUT2D eigenvalue weighted by atomic mass is 14.6. The number of hydrogen-bond acceptors (Lipinski definition) is 1. The van der Waals surface area contributed by atoms with Crippen molar-refractivity contribution >= 4 is 16.8 Å². The maximum atomic E-state index is 4.39. The first-order valence-electron chi connectivity index (χ1n) is 7.79. The molecule has 2 aromatic rings. The number of hydrogen-bond donors (Lipinski definition) is 0.